The topological polar surface area (TPSA) is 70.7 Å². The number of guanidine groups is 1. The Bertz CT molecular complexity index is 1060. The number of nitrogens with zero attached hydrogens (tertiary/aromatic N) is 1. The van der Waals surface area contributed by atoms with Crippen LogP contribution in [-0.2, 0) is 29.0 Å². The zero-order valence-electron chi connectivity index (χ0n) is 20.2. The Morgan fingerprint density at radius 1 is 1.09 bits per heavy atom. The molecule has 0 radical (unpaired) electrons. The first-order chi connectivity index (χ1) is 16.2. The van der Waals surface area contributed by atoms with Crippen molar-refractivity contribution in [2.24, 2.45) is 4.99 Å². The summed E-state index contributed by atoms with van der Waals surface area (Å²) in [5.74, 6) is 0.846. The molecule has 1 fully saturated rings. The lowest BCUT2D eigenvalue weighted by molar-refractivity contribution is -0.0390. The van der Waals surface area contributed by atoms with Crippen LogP contribution in [0, 0.1) is 6.92 Å². The summed E-state index contributed by atoms with van der Waals surface area (Å²) in [7, 11) is 0. The third kappa shape index (κ3) is 7.45. The molecule has 184 valence electrons. The van der Waals surface area contributed by atoms with Crippen LogP contribution < -0.4 is 10.6 Å². The third-order valence-corrected chi connectivity index (χ3v) is 6.10. The quantitative estimate of drug-likeness (QED) is 0.189. The average Bonchev–Trinajstić information content (AvgIpc) is 3.17. The van der Waals surface area contributed by atoms with Crippen LogP contribution in [0.2, 0.25) is 0 Å². The largest absolute Gasteiger partial charge is 0.381 e. The summed E-state index contributed by atoms with van der Waals surface area (Å²) < 4.78 is 11.5. The number of halogens is 1. The van der Waals surface area contributed by atoms with Gasteiger partial charge >= 0.3 is 0 Å². The molecule has 1 aromatic heterocycles. The van der Waals surface area contributed by atoms with Crippen molar-refractivity contribution in [1.29, 1.82) is 0 Å². The van der Waals surface area contributed by atoms with Gasteiger partial charge in [0.15, 0.2) is 5.96 Å². The number of aromatic amines is 1. The maximum atomic E-state index is 6.07. The standard InChI is InChI=1S/C27H36N4O2.HI/c1-3-28-27(29-14-11-24-20(2)31-26-10-5-4-9-25(24)26)30-18-21-7-6-8-22(17-21)19-33-23-12-15-32-16-13-23;/h4-10,17,23,31H,3,11-16,18-19H2,1-2H3,(H2,28,29,30);1H. The monoisotopic (exact) mass is 576 g/mol. The van der Waals surface area contributed by atoms with Crippen molar-refractivity contribution in [2.45, 2.75) is 52.4 Å². The molecule has 0 unspecified atom stereocenters. The van der Waals surface area contributed by atoms with Gasteiger partial charge in [-0.1, -0.05) is 42.5 Å². The number of para-hydroxylation sites is 1. The highest BCUT2D eigenvalue weighted by molar-refractivity contribution is 14.0. The van der Waals surface area contributed by atoms with Crippen molar-refractivity contribution in [2.75, 3.05) is 26.3 Å². The summed E-state index contributed by atoms with van der Waals surface area (Å²) in [6.07, 6.45) is 3.23. The first-order valence-electron chi connectivity index (χ1n) is 12.1. The number of aryl methyl sites for hydroxylation is 1. The summed E-state index contributed by atoms with van der Waals surface area (Å²) >= 11 is 0. The molecular weight excluding hydrogens is 539 g/mol. The number of hydrogen-bond acceptors (Lipinski definition) is 3. The van der Waals surface area contributed by atoms with E-state index in [2.05, 4.69) is 78.0 Å². The van der Waals surface area contributed by atoms with E-state index in [1.807, 2.05) is 0 Å². The summed E-state index contributed by atoms with van der Waals surface area (Å²) in [5, 5.41) is 8.16. The molecule has 3 N–H and O–H groups in total. The zero-order chi connectivity index (χ0) is 22.9. The second-order valence-electron chi connectivity index (χ2n) is 8.59. The minimum absolute atomic E-state index is 0. The van der Waals surface area contributed by atoms with Gasteiger partial charge in [-0.25, -0.2) is 4.99 Å². The fourth-order valence-electron chi connectivity index (χ4n) is 4.35. The van der Waals surface area contributed by atoms with Crippen LogP contribution in [0.1, 0.15) is 42.1 Å². The van der Waals surface area contributed by atoms with E-state index in [9.17, 15) is 0 Å². The number of rotatable bonds is 9. The molecule has 3 aromatic rings. The molecule has 6 nitrogen and oxygen atoms in total. The van der Waals surface area contributed by atoms with Gasteiger partial charge < -0.3 is 25.1 Å². The van der Waals surface area contributed by atoms with Crippen molar-refractivity contribution in [3.05, 3.63) is 70.9 Å². The Morgan fingerprint density at radius 2 is 1.88 bits per heavy atom. The maximum absolute atomic E-state index is 6.07. The summed E-state index contributed by atoms with van der Waals surface area (Å²) in [6, 6.07) is 17.0. The van der Waals surface area contributed by atoms with Crippen LogP contribution in [-0.4, -0.2) is 43.4 Å². The molecule has 0 atom stereocenters. The molecule has 0 spiro atoms. The van der Waals surface area contributed by atoms with Crippen molar-refractivity contribution in [1.82, 2.24) is 15.6 Å². The number of hydrogen-bond donors (Lipinski definition) is 3. The van der Waals surface area contributed by atoms with Crippen molar-refractivity contribution in [3.63, 3.8) is 0 Å². The summed E-state index contributed by atoms with van der Waals surface area (Å²) in [4.78, 5) is 8.29. The number of ether oxygens (including phenoxy) is 2. The molecule has 0 bridgehead atoms. The number of H-pyrrole nitrogens is 1. The van der Waals surface area contributed by atoms with Gasteiger partial charge in [0.1, 0.15) is 0 Å². The number of aromatic nitrogens is 1. The van der Waals surface area contributed by atoms with Crippen molar-refractivity contribution < 1.29 is 9.47 Å². The molecule has 0 aliphatic carbocycles. The number of benzene rings is 2. The molecule has 0 amide bonds. The number of nitrogens with one attached hydrogen (secondary N) is 3. The van der Waals surface area contributed by atoms with E-state index >= 15 is 0 Å². The van der Waals surface area contributed by atoms with Gasteiger partial charge in [-0.05, 0) is 55.9 Å². The van der Waals surface area contributed by atoms with Gasteiger partial charge in [-0.15, -0.1) is 24.0 Å². The highest BCUT2D eigenvalue weighted by atomic mass is 127. The fourth-order valence-corrected chi connectivity index (χ4v) is 4.35. The number of aliphatic imine (C=N–C) groups is 1. The molecule has 1 aliphatic rings. The van der Waals surface area contributed by atoms with Gasteiger partial charge in [0.05, 0.1) is 19.3 Å². The number of fused-ring (bicyclic) bond motifs is 1. The van der Waals surface area contributed by atoms with Crippen LogP contribution >= 0.6 is 24.0 Å². The minimum Gasteiger partial charge on any atom is -0.381 e. The average molecular weight is 577 g/mol. The van der Waals surface area contributed by atoms with Crippen LogP contribution in [0.25, 0.3) is 10.9 Å². The maximum Gasteiger partial charge on any atom is 0.191 e. The minimum atomic E-state index is 0. The SMILES string of the molecule is CCNC(=NCc1cccc(COC2CCOCC2)c1)NCCc1c(C)[nH]c2ccccc12.I. The van der Waals surface area contributed by atoms with Gasteiger partial charge in [0.2, 0.25) is 0 Å². The van der Waals surface area contributed by atoms with Gasteiger partial charge in [0, 0.05) is 42.9 Å². The molecular formula is C27H37IN4O2. The first-order valence-corrected chi connectivity index (χ1v) is 12.1. The molecule has 1 saturated heterocycles. The Morgan fingerprint density at radius 3 is 2.71 bits per heavy atom. The van der Waals surface area contributed by atoms with Crippen LogP contribution in [0.5, 0.6) is 0 Å². The fraction of sp³-hybridized carbons (Fsp3) is 0.444. The van der Waals surface area contributed by atoms with Crippen molar-refractivity contribution >= 4 is 40.8 Å². The molecule has 0 saturated carbocycles. The lowest BCUT2D eigenvalue weighted by Gasteiger charge is -2.22. The predicted octanol–water partition coefficient (Wildman–Crippen LogP) is 5.09. The summed E-state index contributed by atoms with van der Waals surface area (Å²) in [6.45, 7) is 8.78. The van der Waals surface area contributed by atoms with Crippen LogP contribution in [0.4, 0.5) is 0 Å². The lowest BCUT2D eigenvalue weighted by Crippen LogP contribution is -2.38. The first kappa shape index (κ1) is 26.5. The Hall–Kier alpha value is -2.10. The third-order valence-electron chi connectivity index (χ3n) is 6.10. The molecule has 1 aliphatic heterocycles. The van der Waals surface area contributed by atoms with E-state index in [1.54, 1.807) is 0 Å². The van der Waals surface area contributed by atoms with E-state index in [-0.39, 0.29) is 24.0 Å². The molecule has 2 heterocycles. The van der Waals surface area contributed by atoms with E-state index in [1.165, 1.54) is 33.3 Å². The van der Waals surface area contributed by atoms with E-state index in [4.69, 9.17) is 14.5 Å². The Kier molecular flexibility index (Phi) is 10.7. The van der Waals surface area contributed by atoms with Gasteiger partial charge in [0.25, 0.3) is 0 Å². The molecule has 34 heavy (non-hydrogen) atoms. The molecule has 7 heteroatoms. The van der Waals surface area contributed by atoms with E-state index in [0.717, 1.165) is 51.5 Å². The zero-order valence-corrected chi connectivity index (χ0v) is 22.6. The van der Waals surface area contributed by atoms with E-state index in [0.29, 0.717) is 19.3 Å². The lowest BCUT2D eigenvalue weighted by atomic mass is 10.1. The van der Waals surface area contributed by atoms with Crippen LogP contribution in [0.15, 0.2) is 53.5 Å². The smallest absolute Gasteiger partial charge is 0.191 e. The summed E-state index contributed by atoms with van der Waals surface area (Å²) in [5.41, 5.74) is 6.19. The molecule has 2 aromatic carbocycles. The van der Waals surface area contributed by atoms with Crippen LogP contribution in [0.3, 0.4) is 0 Å². The highest BCUT2D eigenvalue weighted by Gasteiger charge is 2.14. The predicted molar refractivity (Wildman–Crippen MR) is 150 cm³/mol. The second-order valence-corrected chi connectivity index (χ2v) is 8.59. The van der Waals surface area contributed by atoms with Gasteiger partial charge in [-0.3, -0.25) is 0 Å². The Balaban J connectivity index is 0.00000324. The van der Waals surface area contributed by atoms with E-state index < -0.39 is 0 Å². The molecule has 4 rings (SSSR count). The van der Waals surface area contributed by atoms with Crippen molar-refractivity contribution in [3.8, 4) is 0 Å². The second kappa shape index (κ2) is 13.7. The Labute approximate surface area is 219 Å². The highest BCUT2D eigenvalue weighted by Crippen LogP contribution is 2.22. The van der Waals surface area contributed by atoms with Gasteiger partial charge in [-0.2, -0.15) is 0 Å². The normalized spacial score (nSPS) is 14.7.